The highest BCUT2D eigenvalue weighted by atomic mass is 35.5. The van der Waals surface area contributed by atoms with Gasteiger partial charge in [-0.2, -0.15) is 0 Å². The maximum atomic E-state index is 12.1. The smallest absolute Gasteiger partial charge is 0.224 e. The van der Waals surface area contributed by atoms with Crippen LogP contribution in [0.4, 0.5) is 0 Å². The molecule has 0 saturated heterocycles. The number of aryl methyl sites for hydroxylation is 1. The number of hydrogen-bond donors (Lipinski definition) is 1. The largest absolute Gasteiger partial charge is 0.486 e. The van der Waals surface area contributed by atoms with Gasteiger partial charge in [-0.3, -0.25) is 4.79 Å². The molecule has 1 aromatic carbocycles. The number of hydrogen-bond acceptors (Lipinski definition) is 4. The van der Waals surface area contributed by atoms with Gasteiger partial charge in [0.15, 0.2) is 11.5 Å². The minimum atomic E-state index is -0.0771. The summed E-state index contributed by atoms with van der Waals surface area (Å²) in [5.74, 6) is 2.20. The average Bonchev–Trinajstić information content (AvgIpc) is 3.03. The number of carbonyl (C=O) groups is 1. The summed E-state index contributed by atoms with van der Waals surface area (Å²) in [6.07, 6.45) is 4.77. The molecule has 3 rings (SSSR count). The predicted octanol–water partition coefficient (Wildman–Crippen LogP) is 2.23. The van der Waals surface area contributed by atoms with Crippen LogP contribution in [0.25, 0.3) is 0 Å². The third-order valence-corrected chi connectivity index (χ3v) is 4.21. The van der Waals surface area contributed by atoms with Crippen molar-refractivity contribution >= 4 is 17.5 Å². The van der Waals surface area contributed by atoms with Crippen molar-refractivity contribution < 1.29 is 14.3 Å². The Hall–Kier alpha value is -2.21. The Bertz CT molecular complexity index is 730. The van der Waals surface area contributed by atoms with E-state index in [-0.39, 0.29) is 12.3 Å². The Morgan fingerprint density at radius 2 is 2.08 bits per heavy atom. The molecule has 0 fully saturated rings. The van der Waals surface area contributed by atoms with E-state index in [4.69, 9.17) is 21.1 Å². The first-order valence-electron chi connectivity index (χ1n) is 8.02. The Morgan fingerprint density at radius 1 is 1.33 bits per heavy atom. The number of fused-ring (bicyclic) bond motifs is 1. The van der Waals surface area contributed by atoms with Gasteiger partial charge < -0.3 is 19.4 Å². The predicted molar refractivity (Wildman–Crippen MR) is 90.8 cm³/mol. The number of carbonyl (C=O) groups excluding carboxylic acids is 1. The molecule has 2 heterocycles. The SMILES string of the molecule is CCc1nccn1CCNC(=O)Cc1cc2c(cc1Cl)OCCO2. The highest BCUT2D eigenvalue weighted by molar-refractivity contribution is 6.31. The monoisotopic (exact) mass is 349 g/mol. The summed E-state index contributed by atoms with van der Waals surface area (Å²) >= 11 is 6.23. The van der Waals surface area contributed by atoms with E-state index in [9.17, 15) is 4.79 Å². The molecule has 0 bridgehead atoms. The highest BCUT2D eigenvalue weighted by Crippen LogP contribution is 2.35. The summed E-state index contributed by atoms with van der Waals surface area (Å²) in [6, 6.07) is 3.49. The van der Waals surface area contributed by atoms with E-state index in [0.29, 0.717) is 42.8 Å². The summed E-state index contributed by atoms with van der Waals surface area (Å²) < 4.78 is 13.0. The molecule has 0 unspecified atom stereocenters. The number of nitrogens with zero attached hydrogens (tertiary/aromatic N) is 2. The molecular weight excluding hydrogens is 330 g/mol. The Kier molecular flexibility index (Phi) is 5.25. The van der Waals surface area contributed by atoms with Crippen LogP contribution in [0.1, 0.15) is 18.3 Å². The molecule has 6 nitrogen and oxygen atoms in total. The number of ether oxygens (including phenoxy) is 2. The quantitative estimate of drug-likeness (QED) is 0.868. The normalized spacial score (nSPS) is 12.9. The topological polar surface area (TPSA) is 65.4 Å². The first-order valence-corrected chi connectivity index (χ1v) is 8.40. The van der Waals surface area contributed by atoms with Crippen LogP contribution in [-0.4, -0.2) is 35.2 Å². The second-order valence-electron chi connectivity index (χ2n) is 5.50. The third-order valence-electron chi connectivity index (χ3n) is 3.86. The summed E-state index contributed by atoms with van der Waals surface area (Å²) in [6.45, 7) is 4.32. The number of imidazole rings is 1. The minimum absolute atomic E-state index is 0.0771. The molecule has 1 aliphatic rings. The lowest BCUT2D eigenvalue weighted by molar-refractivity contribution is -0.120. The number of rotatable bonds is 6. The second kappa shape index (κ2) is 7.57. The van der Waals surface area contributed by atoms with Gasteiger partial charge >= 0.3 is 0 Å². The summed E-state index contributed by atoms with van der Waals surface area (Å²) in [7, 11) is 0. The van der Waals surface area contributed by atoms with Crippen molar-refractivity contribution in [3.8, 4) is 11.5 Å². The van der Waals surface area contributed by atoms with Crippen LogP contribution in [0.5, 0.6) is 11.5 Å². The van der Waals surface area contributed by atoms with Crippen LogP contribution < -0.4 is 14.8 Å². The molecule has 0 radical (unpaired) electrons. The van der Waals surface area contributed by atoms with Crippen LogP contribution >= 0.6 is 11.6 Å². The van der Waals surface area contributed by atoms with Crippen LogP contribution in [0.2, 0.25) is 5.02 Å². The molecule has 0 atom stereocenters. The number of nitrogens with one attached hydrogen (secondary N) is 1. The van der Waals surface area contributed by atoms with Gasteiger partial charge in [-0.05, 0) is 11.6 Å². The van der Waals surface area contributed by atoms with E-state index in [0.717, 1.165) is 17.8 Å². The standard InChI is InChI=1S/C17H20ClN3O3/c1-2-16-19-3-5-21(16)6-4-20-17(22)10-12-9-14-15(11-13(12)18)24-8-7-23-14/h3,5,9,11H,2,4,6-8,10H2,1H3,(H,20,22). The second-order valence-corrected chi connectivity index (χ2v) is 5.91. The lowest BCUT2D eigenvalue weighted by atomic mass is 10.1. The van der Waals surface area contributed by atoms with Crippen molar-refractivity contribution in [2.75, 3.05) is 19.8 Å². The Morgan fingerprint density at radius 3 is 2.83 bits per heavy atom. The summed E-state index contributed by atoms with van der Waals surface area (Å²) in [5.41, 5.74) is 0.732. The van der Waals surface area contributed by atoms with Gasteiger partial charge in [0.1, 0.15) is 19.0 Å². The van der Waals surface area contributed by atoms with Crippen LogP contribution in [0, 0.1) is 0 Å². The lowest BCUT2D eigenvalue weighted by Gasteiger charge is -2.19. The molecule has 0 aliphatic carbocycles. The molecular formula is C17H20ClN3O3. The van der Waals surface area contributed by atoms with E-state index in [1.165, 1.54) is 0 Å². The van der Waals surface area contributed by atoms with Crippen molar-refractivity contribution in [1.29, 1.82) is 0 Å². The maximum Gasteiger partial charge on any atom is 0.224 e. The van der Waals surface area contributed by atoms with E-state index in [1.807, 2.05) is 10.8 Å². The number of amides is 1. The fourth-order valence-electron chi connectivity index (χ4n) is 2.65. The maximum absolute atomic E-state index is 12.1. The first kappa shape index (κ1) is 16.6. The first-order chi connectivity index (χ1) is 11.7. The van der Waals surface area contributed by atoms with Crippen LogP contribution in [0.15, 0.2) is 24.5 Å². The number of aromatic nitrogens is 2. The molecule has 1 amide bonds. The van der Waals surface area contributed by atoms with Crippen molar-refractivity contribution in [3.63, 3.8) is 0 Å². The van der Waals surface area contributed by atoms with Crippen LogP contribution in [0.3, 0.4) is 0 Å². The lowest BCUT2D eigenvalue weighted by Crippen LogP contribution is -2.29. The molecule has 24 heavy (non-hydrogen) atoms. The molecule has 2 aromatic rings. The van der Waals surface area contributed by atoms with E-state index in [1.54, 1.807) is 18.3 Å². The Balaban J connectivity index is 1.55. The number of halogens is 1. The molecule has 1 aliphatic heterocycles. The van der Waals surface area contributed by atoms with Gasteiger partial charge in [0.05, 0.1) is 6.42 Å². The number of benzene rings is 1. The van der Waals surface area contributed by atoms with Gasteiger partial charge in [0, 0.05) is 43.0 Å². The van der Waals surface area contributed by atoms with Crippen molar-refractivity contribution in [1.82, 2.24) is 14.9 Å². The van der Waals surface area contributed by atoms with Gasteiger partial charge in [0.25, 0.3) is 0 Å². The Labute approximate surface area is 145 Å². The minimum Gasteiger partial charge on any atom is -0.486 e. The zero-order valence-electron chi connectivity index (χ0n) is 13.5. The van der Waals surface area contributed by atoms with Crippen molar-refractivity contribution in [2.24, 2.45) is 0 Å². The summed E-state index contributed by atoms with van der Waals surface area (Å²) in [5, 5.41) is 3.42. The molecule has 1 aromatic heterocycles. The van der Waals surface area contributed by atoms with E-state index in [2.05, 4.69) is 17.2 Å². The van der Waals surface area contributed by atoms with Gasteiger partial charge in [-0.15, -0.1) is 0 Å². The molecule has 128 valence electrons. The third kappa shape index (κ3) is 3.82. The van der Waals surface area contributed by atoms with Gasteiger partial charge in [0.2, 0.25) is 5.91 Å². The fourth-order valence-corrected chi connectivity index (χ4v) is 2.87. The average molecular weight is 350 g/mol. The summed E-state index contributed by atoms with van der Waals surface area (Å²) in [4.78, 5) is 16.4. The fraction of sp³-hybridized carbons (Fsp3) is 0.412. The van der Waals surface area contributed by atoms with Crippen molar-refractivity contribution in [2.45, 2.75) is 26.3 Å². The molecule has 0 spiro atoms. The van der Waals surface area contributed by atoms with E-state index < -0.39 is 0 Å². The zero-order valence-corrected chi connectivity index (χ0v) is 14.3. The molecule has 1 N–H and O–H groups in total. The van der Waals surface area contributed by atoms with Gasteiger partial charge in [-0.1, -0.05) is 18.5 Å². The van der Waals surface area contributed by atoms with Crippen molar-refractivity contribution in [3.05, 3.63) is 40.9 Å². The highest BCUT2D eigenvalue weighted by Gasteiger charge is 2.16. The zero-order chi connectivity index (χ0) is 16.9. The molecule has 0 saturated carbocycles. The van der Waals surface area contributed by atoms with E-state index >= 15 is 0 Å². The van der Waals surface area contributed by atoms with Crippen LogP contribution in [-0.2, 0) is 24.2 Å². The molecule has 7 heteroatoms. The van der Waals surface area contributed by atoms with Gasteiger partial charge in [-0.25, -0.2) is 4.98 Å².